The number of aliphatic imine (C=N–C) groups is 2. The zero-order valence-corrected chi connectivity index (χ0v) is 31.1. The van der Waals surface area contributed by atoms with Gasteiger partial charge < -0.3 is 51.5 Å². The van der Waals surface area contributed by atoms with Crippen LogP contribution in [0.4, 0.5) is 0 Å². The van der Waals surface area contributed by atoms with E-state index in [0.29, 0.717) is 100 Å². The van der Waals surface area contributed by atoms with Crippen LogP contribution < -0.4 is 28.4 Å². The van der Waals surface area contributed by atoms with E-state index in [1.165, 1.54) is 0 Å². The second-order valence-electron chi connectivity index (χ2n) is 12.1. The molecule has 0 aliphatic carbocycles. The van der Waals surface area contributed by atoms with Crippen LogP contribution in [0.3, 0.4) is 0 Å². The molecule has 3 aromatic carbocycles. The summed E-state index contributed by atoms with van der Waals surface area (Å²) in [7, 11) is 3.21. The monoisotopic (exact) mass is 754 g/mol. The second kappa shape index (κ2) is 21.2. The average Bonchev–Trinajstić information content (AvgIpc) is 3.94. The molecule has 0 amide bonds. The average molecular weight is 755 g/mol. The molecule has 13 heteroatoms. The van der Waals surface area contributed by atoms with Gasteiger partial charge >= 0.3 is 0 Å². The van der Waals surface area contributed by atoms with Gasteiger partial charge in [-0.1, -0.05) is 0 Å². The van der Waals surface area contributed by atoms with Crippen molar-refractivity contribution in [2.24, 2.45) is 9.98 Å². The number of furan rings is 2. The predicted octanol–water partition coefficient (Wildman–Crippen LogP) is 7.11. The van der Waals surface area contributed by atoms with E-state index in [4.69, 9.17) is 51.5 Å². The summed E-state index contributed by atoms with van der Waals surface area (Å²) in [6.45, 7) is 4.40. The number of hydrogen-bond acceptors (Lipinski definition) is 13. The van der Waals surface area contributed by atoms with Crippen molar-refractivity contribution in [3.05, 3.63) is 119 Å². The van der Waals surface area contributed by atoms with Gasteiger partial charge in [0.1, 0.15) is 37.9 Å². The molecule has 0 radical (unpaired) electrons. The molecule has 0 spiro atoms. The zero-order chi connectivity index (χ0) is 37.9. The Hall–Kier alpha value is -5.76. The SMILES string of the molecule is COc1ccc(C=NCc2ccco2)cc1OCc1cc2c(cc1COc1cc(C=NCc3ccco3)ccc1OC)OCCOCCOCCOCCO2. The molecule has 0 atom stereocenters. The maximum Gasteiger partial charge on any atom is 0.162 e. The Bertz CT molecular complexity index is 1800. The van der Waals surface area contributed by atoms with E-state index in [1.54, 1.807) is 39.2 Å². The summed E-state index contributed by atoms with van der Waals surface area (Å²) in [6.07, 6.45) is 6.80. The van der Waals surface area contributed by atoms with Crippen LogP contribution in [0.2, 0.25) is 0 Å². The van der Waals surface area contributed by atoms with Crippen molar-refractivity contribution < 1.29 is 51.5 Å². The third kappa shape index (κ3) is 12.1. The molecule has 0 N–H and O–H groups in total. The molecule has 6 rings (SSSR count). The Kier molecular flexibility index (Phi) is 15.0. The first-order valence-electron chi connectivity index (χ1n) is 18.0. The Balaban J connectivity index is 1.25. The van der Waals surface area contributed by atoms with Crippen molar-refractivity contribution in [2.75, 3.05) is 67.1 Å². The highest BCUT2D eigenvalue weighted by Crippen LogP contribution is 2.35. The molecular weight excluding hydrogens is 708 g/mol. The zero-order valence-electron chi connectivity index (χ0n) is 31.1. The van der Waals surface area contributed by atoms with E-state index in [2.05, 4.69) is 9.98 Å². The highest BCUT2D eigenvalue weighted by molar-refractivity contribution is 5.81. The Morgan fingerprint density at radius 1 is 0.527 bits per heavy atom. The quantitative estimate of drug-likeness (QED) is 0.107. The Labute approximate surface area is 320 Å². The lowest BCUT2D eigenvalue weighted by atomic mass is 10.1. The van der Waals surface area contributed by atoms with Gasteiger partial charge in [-0.25, -0.2) is 0 Å². The summed E-state index contributed by atoms with van der Waals surface area (Å²) >= 11 is 0. The van der Waals surface area contributed by atoms with Gasteiger partial charge in [-0.05, 0) is 95.1 Å². The molecule has 1 aliphatic heterocycles. The standard InChI is InChI=1S/C42H46N2O11/c1-45-37-9-7-31(25-43-27-35-5-3-11-50-35)21-39(37)54-29-33-23-41-42(53-20-18-49-16-14-47-13-15-48-17-19-52-41)24-34(33)30-55-40-22-32(8-10-38(40)46-2)26-44-28-36-6-4-12-51-36/h3-12,21-26H,13-20,27-30H2,1-2H3. The summed E-state index contributed by atoms with van der Waals surface area (Å²) in [5.41, 5.74) is 3.30. The molecule has 0 unspecified atom stereocenters. The normalized spacial score (nSPS) is 14.4. The largest absolute Gasteiger partial charge is 0.493 e. The Morgan fingerprint density at radius 2 is 0.964 bits per heavy atom. The van der Waals surface area contributed by atoms with Crippen LogP contribution in [0.15, 0.2) is 104 Å². The minimum Gasteiger partial charge on any atom is -0.493 e. The van der Waals surface area contributed by atoms with Gasteiger partial charge in [0.25, 0.3) is 0 Å². The topological polar surface area (TPSA) is 134 Å². The predicted molar refractivity (Wildman–Crippen MR) is 205 cm³/mol. The molecule has 13 nitrogen and oxygen atoms in total. The van der Waals surface area contributed by atoms with E-state index in [0.717, 1.165) is 33.8 Å². The van der Waals surface area contributed by atoms with Crippen LogP contribution in [0, 0.1) is 0 Å². The maximum absolute atomic E-state index is 6.45. The minimum atomic E-state index is 0.159. The number of nitrogens with zero attached hydrogens (tertiary/aromatic N) is 2. The second-order valence-corrected chi connectivity index (χ2v) is 12.1. The third-order valence-electron chi connectivity index (χ3n) is 8.26. The van der Waals surface area contributed by atoms with Gasteiger partial charge in [0.2, 0.25) is 0 Å². The first kappa shape index (κ1) is 38.9. The molecule has 0 bridgehead atoms. The van der Waals surface area contributed by atoms with Gasteiger partial charge in [-0.3, -0.25) is 9.98 Å². The van der Waals surface area contributed by atoms with E-state index in [-0.39, 0.29) is 13.2 Å². The first-order chi connectivity index (χ1) is 27.2. The van der Waals surface area contributed by atoms with E-state index in [1.807, 2.05) is 72.8 Å². The van der Waals surface area contributed by atoms with E-state index >= 15 is 0 Å². The number of fused-ring (bicyclic) bond motifs is 1. The van der Waals surface area contributed by atoms with Crippen LogP contribution >= 0.6 is 0 Å². The summed E-state index contributed by atoms with van der Waals surface area (Å²) in [5.74, 6) is 4.86. The van der Waals surface area contributed by atoms with Gasteiger partial charge in [0.15, 0.2) is 34.5 Å². The van der Waals surface area contributed by atoms with Crippen LogP contribution in [-0.2, 0) is 40.5 Å². The molecule has 290 valence electrons. The van der Waals surface area contributed by atoms with Crippen molar-refractivity contribution in [3.63, 3.8) is 0 Å². The number of rotatable bonds is 14. The fraction of sp³-hybridized carbons (Fsp3) is 0.333. The van der Waals surface area contributed by atoms with Crippen LogP contribution in [-0.4, -0.2) is 79.5 Å². The molecule has 0 fully saturated rings. The molecular formula is C42H46N2O11. The van der Waals surface area contributed by atoms with Crippen molar-refractivity contribution in [1.82, 2.24) is 0 Å². The molecule has 0 saturated heterocycles. The van der Waals surface area contributed by atoms with Gasteiger partial charge in [-0.15, -0.1) is 0 Å². The lowest BCUT2D eigenvalue weighted by Gasteiger charge is -2.19. The molecule has 5 aromatic rings. The van der Waals surface area contributed by atoms with Crippen molar-refractivity contribution >= 4 is 12.4 Å². The lowest BCUT2D eigenvalue weighted by Crippen LogP contribution is -2.13. The third-order valence-corrected chi connectivity index (χ3v) is 8.26. The summed E-state index contributed by atoms with van der Waals surface area (Å²) in [4.78, 5) is 9.02. The fourth-order valence-corrected chi connectivity index (χ4v) is 5.47. The molecule has 2 aromatic heterocycles. The number of benzene rings is 3. The van der Waals surface area contributed by atoms with Crippen LogP contribution in [0.25, 0.3) is 0 Å². The fourth-order valence-electron chi connectivity index (χ4n) is 5.47. The van der Waals surface area contributed by atoms with Gasteiger partial charge in [-0.2, -0.15) is 0 Å². The molecule has 3 heterocycles. The van der Waals surface area contributed by atoms with Crippen molar-refractivity contribution in [3.8, 4) is 34.5 Å². The summed E-state index contributed by atoms with van der Waals surface area (Å²) in [5, 5.41) is 0. The minimum absolute atomic E-state index is 0.159. The molecule has 0 saturated carbocycles. The highest BCUT2D eigenvalue weighted by Gasteiger charge is 2.17. The number of hydrogen-bond donors (Lipinski definition) is 0. The smallest absolute Gasteiger partial charge is 0.162 e. The lowest BCUT2D eigenvalue weighted by molar-refractivity contribution is 0.00708. The van der Waals surface area contributed by atoms with Crippen LogP contribution in [0.5, 0.6) is 34.5 Å². The van der Waals surface area contributed by atoms with Crippen molar-refractivity contribution in [1.29, 1.82) is 0 Å². The van der Waals surface area contributed by atoms with Crippen LogP contribution in [0.1, 0.15) is 33.8 Å². The molecule has 55 heavy (non-hydrogen) atoms. The van der Waals surface area contributed by atoms with E-state index in [9.17, 15) is 0 Å². The maximum atomic E-state index is 6.45. The molecule has 1 aliphatic rings. The Morgan fingerprint density at radius 3 is 1.36 bits per heavy atom. The number of ether oxygens (including phenoxy) is 9. The first-order valence-corrected chi connectivity index (χ1v) is 18.0. The number of methoxy groups -OCH3 is 2. The summed E-state index contributed by atoms with van der Waals surface area (Å²) < 4.78 is 64.4. The highest BCUT2D eigenvalue weighted by atomic mass is 16.6. The summed E-state index contributed by atoms with van der Waals surface area (Å²) in [6, 6.07) is 22.5. The van der Waals surface area contributed by atoms with E-state index < -0.39 is 0 Å². The van der Waals surface area contributed by atoms with Gasteiger partial charge in [0, 0.05) is 12.4 Å². The van der Waals surface area contributed by atoms with Crippen molar-refractivity contribution in [2.45, 2.75) is 26.3 Å². The van der Waals surface area contributed by atoms with Gasteiger partial charge in [0.05, 0.1) is 79.5 Å².